The number of aliphatic carboxylic acids is 1. The molecule has 1 saturated heterocycles. The minimum Gasteiger partial charge on any atom is -0.497 e. The van der Waals surface area contributed by atoms with Crippen LogP contribution in [0.25, 0.3) is 11.4 Å². The van der Waals surface area contributed by atoms with Crippen molar-refractivity contribution in [2.75, 3.05) is 33.8 Å². The number of methoxy groups -OCH3 is 1. The molecule has 0 radical (unpaired) electrons. The first kappa shape index (κ1) is 22.1. The summed E-state index contributed by atoms with van der Waals surface area (Å²) in [4.78, 5) is 19.6. The van der Waals surface area contributed by atoms with E-state index in [9.17, 15) is 4.79 Å². The summed E-state index contributed by atoms with van der Waals surface area (Å²) in [5, 5.41) is 13.1. The van der Waals surface area contributed by atoms with Crippen LogP contribution in [0.2, 0.25) is 0 Å². The van der Waals surface area contributed by atoms with Crippen LogP contribution in [0, 0.1) is 0 Å². The summed E-state index contributed by atoms with van der Waals surface area (Å²) in [7, 11) is 3.51. The molecule has 28 heavy (non-hydrogen) atoms. The van der Waals surface area contributed by atoms with Crippen molar-refractivity contribution in [3.05, 3.63) is 30.2 Å². The Hall–Kier alpha value is -2.16. The van der Waals surface area contributed by atoms with E-state index < -0.39 is 5.97 Å². The number of likely N-dealkylation sites (N-methyl/N-ethyl adjacent to an activating group) is 1. The summed E-state index contributed by atoms with van der Waals surface area (Å²) in [5.74, 6) is 1.17. The van der Waals surface area contributed by atoms with Crippen LogP contribution >= 0.6 is 12.4 Å². The molecule has 1 aromatic carbocycles. The highest BCUT2D eigenvalue weighted by Crippen LogP contribution is 2.21. The lowest BCUT2D eigenvalue weighted by atomic mass is 10.1. The Labute approximate surface area is 170 Å². The third-order valence-corrected chi connectivity index (χ3v) is 4.97. The third kappa shape index (κ3) is 5.92. The number of halogens is 1. The first-order valence-corrected chi connectivity index (χ1v) is 9.16. The molecule has 1 atom stereocenters. The zero-order valence-corrected chi connectivity index (χ0v) is 17.0. The van der Waals surface area contributed by atoms with Gasteiger partial charge >= 0.3 is 5.97 Å². The van der Waals surface area contributed by atoms with E-state index in [0.29, 0.717) is 24.3 Å². The summed E-state index contributed by atoms with van der Waals surface area (Å²) >= 11 is 0. The quantitative estimate of drug-likeness (QED) is 0.744. The van der Waals surface area contributed by atoms with Gasteiger partial charge in [0, 0.05) is 18.2 Å². The Morgan fingerprint density at radius 1 is 1.32 bits per heavy atom. The van der Waals surface area contributed by atoms with Gasteiger partial charge in [0.1, 0.15) is 5.75 Å². The molecule has 8 nitrogen and oxygen atoms in total. The van der Waals surface area contributed by atoms with E-state index in [-0.39, 0.29) is 19.0 Å². The standard InChI is InChI=1S/C19H26N4O4.ClH/c1-22(13-18(24)25)15-4-3-10-23(11-9-15)12-17-20-19(21-27-17)14-5-7-16(26-2)8-6-14;/h5-8,15H,3-4,9-13H2,1-2H3,(H,24,25);1H. The molecule has 0 spiro atoms. The molecule has 2 heterocycles. The van der Waals surface area contributed by atoms with Gasteiger partial charge in [0.15, 0.2) is 0 Å². The maximum atomic E-state index is 10.9. The number of rotatable bonds is 7. The molecular weight excluding hydrogens is 384 g/mol. The molecule has 1 aliphatic rings. The number of carboxylic acids is 1. The fourth-order valence-corrected chi connectivity index (χ4v) is 3.45. The number of carboxylic acid groups (broad SMARTS) is 1. The number of likely N-dealkylation sites (tertiary alicyclic amines) is 1. The van der Waals surface area contributed by atoms with Gasteiger partial charge in [-0.05, 0) is 57.1 Å². The Bertz CT molecular complexity index is 753. The Kier molecular flexibility index (Phi) is 8.22. The Morgan fingerprint density at radius 3 is 2.75 bits per heavy atom. The summed E-state index contributed by atoms with van der Waals surface area (Å²) < 4.78 is 10.6. The van der Waals surface area contributed by atoms with E-state index in [1.807, 2.05) is 36.2 Å². The van der Waals surface area contributed by atoms with E-state index in [1.54, 1.807) is 7.11 Å². The number of benzene rings is 1. The lowest BCUT2D eigenvalue weighted by Gasteiger charge is -2.25. The van der Waals surface area contributed by atoms with Gasteiger partial charge in [-0.15, -0.1) is 12.4 Å². The SMILES string of the molecule is COc1ccc(-c2noc(CN3CCCC(N(C)CC(=O)O)CC3)n2)cc1.Cl. The van der Waals surface area contributed by atoms with Crippen molar-refractivity contribution in [1.29, 1.82) is 0 Å². The maximum absolute atomic E-state index is 10.9. The predicted octanol–water partition coefficient (Wildman–Crippen LogP) is 2.54. The maximum Gasteiger partial charge on any atom is 0.317 e. The van der Waals surface area contributed by atoms with Gasteiger partial charge in [0.2, 0.25) is 11.7 Å². The highest BCUT2D eigenvalue weighted by molar-refractivity contribution is 5.85. The highest BCUT2D eigenvalue weighted by atomic mass is 35.5. The van der Waals surface area contributed by atoms with Crippen LogP contribution in [0.5, 0.6) is 5.75 Å². The van der Waals surface area contributed by atoms with E-state index in [4.69, 9.17) is 14.4 Å². The smallest absolute Gasteiger partial charge is 0.317 e. The molecule has 1 unspecified atom stereocenters. The minimum atomic E-state index is -0.782. The molecule has 0 saturated carbocycles. The summed E-state index contributed by atoms with van der Waals surface area (Å²) in [6.07, 6.45) is 2.96. The van der Waals surface area contributed by atoms with E-state index in [0.717, 1.165) is 43.7 Å². The van der Waals surface area contributed by atoms with Crippen molar-refractivity contribution < 1.29 is 19.2 Å². The monoisotopic (exact) mass is 410 g/mol. The highest BCUT2D eigenvalue weighted by Gasteiger charge is 2.23. The number of aromatic nitrogens is 2. The van der Waals surface area contributed by atoms with Crippen LogP contribution in [-0.2, 0) is 11.3 Å². The first-order valence-electron chi connectivity index (χ1n) is 9.16. The number of carbonyl (C=O) groups is 1. The van der Waals surface area contributed by atoms with E-state index in [1.165, 1.54) is 0 Å². The van der Waals surface area contributed by atoms with Crippen molar-refractivity contribution in [2.24, 2.45) is 0 Å². The number of hydrogen-bond donors (Lipinski definition) is 1. The van der Waals surface area contributed by atoms with E-state index >= 15 is 0 Å². The summed E-state index contributed by atoms with van der Waals surface area (Å²) in [6.45, 7) is 2.52. The van der Waals surface area contributed by atoms with Crippen LogP contribution in [0.3, 0.4) is 0 Å². The van der Waals surface area contributed by atoms with Gasteiger partial charge in [0.05, 0.1) is 20.2 Å². The second kappa shape index (κ2) is 10.4. The molecule has 154 valence electrons. The molecular formula is C19H27ClN4O4. The predicted molar refractivity (Wildman–Crippen MR) is 107 cm³/mol. The van der Waals surface area contributed by atoms with Crippen molar-refractivity contribution in [3.63, 3.8) is 0 Å². The second-order valence-corrected chi connectivity index (χ2v) is 6.91. The molecule has 1 N–H and O–H groups in total. The Morgan fingerprint density at radius 2 is 2.07 bits per heavy atom. The largest absolute Gasteiger partial charge is 0.497 e. The van der Waals surface area contributed by atoms with Gasteiger partial charge in [-0.3, -0.25) is 14.6 Å². The molecule has 0 aliphatic carbocycles. The summed E-state index contributed by atoms with van der Waals surface area (Å²) in [5.41, 5.74) is 0.886. The second-order valence-electron chi connectivity index (χ2n) is 6.91. The zero-order chi connectivity index (χ0) is 19.2. The molecule has 9 heteroatoms. The average Bonchev–Trinajstić information content (AvgIpc) is 2.99. The molecule has 0 amide bonds. The Balaban J connectivity index is 0.00000280. The van der Waals surface area contributed by atoms with Crippen molar-refractivity contribution in [1.82, 2.24) is 19.9 Å². The van der Waals surface area contributed by atoms with Gasteiger partial charge in [-0.25, -0.2) is 0 Å². The van der Waals surface area contributed by atoms with Gasteiger partial charge in [0.25, 0.3) is 0 Å². The molecule has 1 aliphatic heterocycles. The van der Waals surface area contributed by atoms with Gasteiger partial charge < -0.3 is 14.4 Å². The fraction of sp³-hybridized carbons (Fsp3) is 0.526. The van der Waals surface area contributed by atoms with Crippen LogP contribution in [-0.4, -0.2) is 70.8 Å². The topological polar surface area (TPSA) is 91.9 Å². The molecule has 3 rings (SSSR count). The fourth-order valence-electron chi connectivity index (χ4n) is 3.45. The van der Waals surface area contributed by atoms with Crippen LogP contribution in [0.1, 0.15) is 25.2 Å². The molecule has 1 aromatic heterocycles. The zero-order valence-electron chi connectivity index (χ0n) is 16.2. The lowest BCUT2D eigenvalue weighted by molar-refractivity contribution is -0.138. The van der Waals surface area contributed by atoms with Gasteiger partial charge in [-0.2, -0.15) is 4.98 Å². The van der Waals surface area contributed by atoms with Crippen LogP contribution < -0.4 is 4.74 Å². The number of ether oxygens (including phenoxy) is 1. The first-order chi connectivity index (χ1) is 13.0. The molecule has 1 fully saturated rings. The normalized spacial score (nSPS) is 17.8. The average molecular weight is 411 g/mol. The number of hydrogen-bond acceptors (Lipinski definition) is 7. The van der Waals surface area contributed by atoms with Gasteiger partial charge in [-0.1, -0.05) is 5.16 Å². The van der Waals surface area contributed by atoms with Crippen molar-refractivity contribution >= 4 is 18.4 Å². The molecule has 0 bridgehead atoms. The molecule has 2 aromatic rings. The van der Waals surface area contributed by atoms with Crippen LogP contribution in [0.15, 0.2) is 28.8 Å². The van der Waals surface area contributed by atoms with Crippen LogP contribution in [0.4, 0.5) is 0 Å². The van der Waals surface area contributed by atoms with Crippen molar-refractivity contribution in [2.45, 2.75) is 31.8 Å². The number of nitrogens with zero attached hydrogens (tertiary/aromatic N) is 4. The van der Waals surface area contributed by atoms with E-state index in [2.05, 4.69) is 15.0 Å². The minimum absolute atomic E-state index is 0. The lowest BCUT2D eigenvalue weighted by Crippen LogP contribution is -2.36. The third-order valence-electron chi connectivity index (χ3n) is 4.97. The van der Waals surface area contributed by atoms with Crippen molar-refractivity contribution in [3.8, 4) is 17.1 Å². The summed E-state index contributed by atoms with van der Waals surface area (Å²) in [6, 6.07) is 7.84.